The number of hydrogen-bond donors (Lipinski definition) is 1. The van der Waals surface area contributed by atoms with Gasteiger partial charge in [0, 0.05) is 12.5 Å². The Balaban J connectivity index is 2.43. The van der Waals surface area contributed by atoms with Gasteiger partial charge in [-0.25, -0.2) is 18.1 Å². The summed E-state index contributed by atoms with van der Waals surface area (Å²) in [5.74, 6) is 0.461. The Labute approximate surface area is 105 Å². The number of aromatic nitrogens is 3. The van der Waals surface area contributed by atoms with Crippen LogP contribution < -0.4 is 0 Å². The highest BCUT2D eigenvalue weighted by molar-refractivity contribution is 7.90. The predicted octanol–water partition coefficient (Wildman–Crippen LogP) is 0.724. The summed E-state index contributed by atoms with van der Waals surface area (Å²) < 4.78 is 24.0. The SMILES string of the molecule is CC(O)c1ccnc(-n2cc(S(C)(=O)=O)cn2)c1. The second kappa shape index (κ2) is 4.51. The minimum absolute atomic E-state index is 0.131. The van der Waals surface area contributed by atoms with Crippen molar-refractivity contribution in [3.63, 3.8) is 0 Å². The molecule has 1 atom stereocenters. The Kier molecular flexibility index (Phi) is 3.18. The number of sulfone groups is 1. The molecule has 0 saturated heterocycles. The molecule has 1 unspecified atom stereocenters. The van der Waals surface area contributed by atoms with Crippen LogP contribution in [0.3, 0.4) is 0 Å². The van der Waals surface area contributed by atoms with Gasteiger partial charge in [0.2, 0.25) is 0 Å². The Bertz CT molecular complexity index is 662. The Morgan fingerprint density at radius 2 is 2.17 bits per heavy atom. The third kappa shape index (κ3) is 2.57. The largest absolute Gasteiger partial charge is 0.389 e. The van der Waals surface area contributed by atoms with Crippen LogP contribution in [0.1, 0.15) is 18.6 Å². The van der Waals surface area contributed by atoms with Crippen LogP contribution in [-0.2, 0) is 9.84 Å². The maximum absolute atomic E-state index is 11.3. The topological polar surface area (TPSA) is 85.1 Å². The maximum Gasteiger partial charge on any atom is 0.178 e. The zero-order chi connectivity index (χ0) is 13.3. The lowest BCUT2D eigenvalue weighted by atomic mass is 10.2. The molecule has 0 radical (unpaired) electrons. The highest BCUT2D eigenvalue weighted by Gasteiger charge is 2.11. The summed E-state index contributed by atoms with van der Waals surface area (Å²) in [6.07, 6.45) is 4.71. The fourth-order valence-corrected chi connectivity index (χ4v) is 1.97. The van der Waals surface area contributed by atoms with E-state index in [4.69, 9.17) is 0 Å². The molecule has 0 amide bonds. The number of hydrogen-bond acceptors (Lipinski definition) is 5. The standard InChI is InChI=1S/C11H13N3O3S/c1-8(15)9-3-4-12-11(5-9)14-7-10(6-13-14)18(2,16)17/h3-8,15H,1-2H3. The van der Waals surface area contributed by atoms with Crippen LogP contribution in [0.15, 0.2) is 35.6 Å². The Hall–Kier alpha value is -1.73. The van der Waals surface area contributed by atoms with E-state index >= 15 is 0 Å². The van der Waals surface area contributed by atoms with Crippen LogP contribution in [0.4, 0.5) is 0 Å². The first kappa shape index (κ1) is 12.7. The summed E-state index contributed by atoms with van der Waals surface area (Å²) in [7, 11) is -3.28. The van der Waals surface area contributed by atoms with Crippen molar-refractivity contribution in [3.8, 4) is 5.82 Å². The molecule has 0 fully saturated rings. The van der Waals surface area contributed by atoms with Crippen LogP contribution >= 0.6 is 0 Å². The first-order valence-corrected chi connectivity index (χ1v) is 7.16. The second-order valence-electron chi connectivity index (χ2n) is 4.02. The lowest BCUT2D eigenvalue weighted by Gasteiger charge is -2.06. The van der Waals surface area contributed by atoms with Crippen LogP contribution in [0.25, 0.3) is 5.82 Å². The van der Waals surface area contributed by atoms with Crippen molar-refractivity contribution in [1.29, 1.82) is 0 Å². The van der Waals surface area contributed by atoms with E-state index in [0.29, 0.717) is 11.4 Å². The Morgan fingerprint density at radius 3 is 2.72 bits per heavy atom. The number of aliphatic hydroxyl groups is 1. The van der Waals surface area contributed by atoms with Crippen molar-refractivity contribution in [2.45, 2.75) is 17.9 Å². The van der Waals surface area contributed by atoms with Crippen LogP contribution in [0.2, 0.25) is 0 Å². The molecule has 0 aliphatic carbocycles. The molecule has 96 valence electrons. The molecule has 0 aliphatic heterocycles. The molecule has 6 nitrogen and oxygen atoms in total. The maximum atomic E-state index is 11.3. The zero-order valence-electron chi connectivity index (χ0n) is 9.98. The fourth-order valence-electron chi connectivity index (χ4n) is 1.44. The van der Waals surface area contributed by atoms with Gasteiger partial charge in [0.1, 0.15) is 4.90 Å². The molecule has 0 aliphatic rings. The molecule has 0 spiro atoms. The average molecular weight is 267 g/mol. The first-order valence-electron chi connectivity index (χ1n) is 5.27. The molecule has 2 heterocycles. The van der Waals surface area contributed by atoms with Gasteiger partial charge in [-0.3, -0.25) is 0 Å². The highest BCUT2D eigenvalue weighted by Crippen LogP contribution is 2.15. The van der Waals surface area contributed by atoms with E-state index in [1.807, 2.05) is 0 Å². The fraction of sp³-hybridized carbons (Fsp3) is 0.273. The van der Waals surface area contributed by atoms with Gasteiger partial charge in [0.05, 0.1) is 18.5 Å². The van der Waals surface area contributed by atoms with Gasteiger partial charge in [-0.2, -0.15) is 5.10 Å². The smallest absolute Gasteiger partial charge is 0.178 e. The van der Waals surface area contributed by atoms with E-state index in [1.165, 1.54) is 17.1 Å². The molecule has 0 bridgehead atoms. The molecule has 2 aromatic heterocycles. The van der Waals surface area contributed by atoms with Crippen molar-refractivity contribution in [2.75, 3.05) is 6.26 Å². The van der Waals surface area contributed by atoms with E-state index < -0.39 is 15.9 Å². The normalized spacial score (nSPS) is 13.5. The monoisotopic (exact) mass is 267 g/mol. The summed E-state index contributed by atoms with van der Waals surface area (Å²) in [6.45, 7) is 1.64. The van der Waals surface area contributed by atoms with E-state index in [9.17, 15) is 13.5 Å². The summed E-state index contributed by atoms with van der Waals surface area (Å²) in [4.78, 5) is 4.21. The van der Waals surface area contributed by atoms with E-state index in [1.54, 1.807) is 25.3 Å². The summed E-state index contributed by atoms with van der Waals surface area (Å²) in [6, 6.07) is 3.35. The van der Waals surface area contributed by atoms with Gasteiger partial charge in [-0.15, -0.1) is 0 Å². The van der Waals surface area contributed by atoms with Gasteiger partial charge in [-0.05, 0) is 24.6 Å². The molecule has 0 saturated carbocycles. The van der Waals surface area contributed by atoms with Crippen LogP contribution in [0.5, 0.6) is 0 Å². The van der Waals surface area contributed by atoms with Gasteiger partial charge in [0.25, 0.3) is 0 Å². The Morgan fingerprint density at radius 1 is 1.44 bits per heavy atom. The first-order chi connectivity index (χ1) is 8.38. The molecule has 1 N–H and O–H groups in total. The van der Waals surface area contributed by atoms with Gasteiger partial charge >= 0.3 is 0 Å². The van der Waals surface area contributed by atoms with Crippen molar-refractivity contribution in [2.24, 2.45) is 0 Å². The van der Waals surface area contributed by atoms with Crippen molar-refractivity contribution < 1.29 is 13.5 Å². The molecule has 18 heavy (non-hydrogen) atoms. The number of rotatable bonds is 3. The quantitative estimate of drug-likeness (QED) is 0.885. The number of aliphatic hydroxyl groups excluding tert-OH is 1. The molecule has 2 aromatic rings. The van der Waals surface area contributed by atoms with Crippen molar-refractivity contribution in [1.82, 2.24) is 14.8 Å². The molecule has 0 aromatic carbocycles. The lowest BCUT2D eigenvalue weighted by molar-refractivity contribution is 0.199. The summed E-state index contributed by atoms with van der Waals surface area (Å²) in [5.41, 5.74) is 0.691. The van der Waals surface area contributed by atoms with Crippen molar-refractivity contribution >= 4 is 9.84 Å². The van der Waals surface area contributed by atoms with Crippen LogP contribution in [-0.4, -0.2) is 34.5 Å². The second-order valence-corrected chi connectivity index (χ2v) is 6.03. The van der Waals surface area contributed by atoms with Gasteiger partial charge in [-0.1, -0.05) is 0 Å². The highest BCUT2D eigenvalue weighted by atomic mass is 32.2. The summed E-state index contributed by atoms with van der Waals surface area (Å²) in [5, 5.41) is 13.4. The van der Waals surface area contributed by atoms with E-state index in [0.717, 1.165) is 6.26 Å². The van der Waals surface area contributed by atoms with Crippen molar-refractivity contribution in [3.05, 3.63) is 36.3 Å². The van der Waals surface area contributed by atoms with Gasteiger partial charge < -0.3 is 5.11 Å². The molecule has 7 heteroatoms. The number of pyridine rings is 1. The van der Waals surface area contributed by atoms with Crippen LogP contribution in [0, 0.1) is 0 Å². The lowest BCUT2D eigenvalue weighted by Crippen LogP contribution is -2.01. The zero-order valence-corrected chi connectivity index (χ0v) is 10.8. The van der Waals surface area contributed by atoms with Gasteiger partial charge in [0.15, 0.2) is 15.7 Å². The minimum atomic E-state index is -3.28. The van der Waals surface area contributed by atoms with E-state index in [-0.39, 0.29) is 4.90 Å². The molecular formula is C11H13N3O3S. The minimum Gasteiger partial charge on any atom is -0.389 e. The predicted molar refractivity (Wildman–Crippen MR) is 65.1 cm³/mol. The number of nitrogens with zero attached hydrogens (tertiary/aromatic N) is 3. The average Bonchev–Trinajstić information content (AvgIpc) is 2.78. The third-order valence-corrected chi connectivity index (χ3v) is 3.54. The molecule has 2 rings (SSSR count). The molecular weight excluding hydrogens is 254 g/mol. The summed E-state index contributed by atoms with van der Waals surface area (Å²) >= 11 is 0. The third-order valence-electron chi connectivity index (χ3n) is 2.47. The van der Waals surface area contributed by atoms with E-state index in [2.05, 4.69) is 10.1 Å².